The topological polar surface area (TPSA) is 99.8 Å². The number of nitrogens with zero attached hydrogens (tertiary/aromatic N) is 3. The molecule has 7 heteroatoms. The quantitative estimate of drug-likeness (QED) is 0.786. The summed E-state index contributed by atoms with van der Waals surface area (Å²) < 4.78 is 1.57. The van der Waals surface area contributed by atoms with E-state index < -0.39 is 5.41 Å². The van der Waals surface area contributed by atoms with Crippen molar-refractivity contribution >= 4 is 11.8 Å². The summed E-state index contributed by atoms with van der Waals surface area (Å²) in [4.78, 5) is 24.7. The van der Waals surface area contributed by atoms with Crippen molar-refractivity contribution in [2.45, 2.75) is 52.5 Å². The molecular weight excluding hydrogens is 318 g/mol. The van der Waals surface area contributed by atoms with Gasteiger partial charge in [-0.1, -0.05) is 27.7 Å². The predicted molar refractivity (Wildman–Crippen MR) is 93.7 cm³/mol. The molecule has 0 aliphatic heterocycles. The van der Waals surface area contributed by atoms with Gasteiger partial charge in [0.05, 0.1) is 11.8 Å². The Morgan fingerprint density at radius 1 is 1.36 bits per heavy atom. The van der Waals surface area contributed by atoms with Crippen molar-refractivity contribution in [3.05, 3.63) is 17.5 Å². The molecule has 1 aromatic rings. The molecule has 25 heavy (non-hydrogen) atoms. The largest absolute Gasteiger partial charge is 0.350 e. The number of aryl methyl sites for hydroxylation is 1. The van der Waals surface area contributed by atoms with E-state index in [9.17, 15) is 9.59 Å². The Kier molecular flexibility index (Phi) is 5.51. The van der Waals surface area contributed by atoms with Crippen LogP contribution in [0.15, 0.2) is 6.07 Å². The van der Waals surface area contributed by atoms with E-state index in [1.54, 1.807) is 17.8 Å². The van der Waals surface area contributed by atoms with Crippen molar-refractivity contribution in [2.75, 3.05) is 6.54 Å². The van der Waals surface area contributed by atoms with Gasteiger partial charge in [-0.3, -0.25) is 14.3 Å². The maximum atomic E-state index is 12.4. The fourth-order valence-electron chi connectivity index (χ4n) is 2.55. The Bertz CT molecular complexity index is 695. The zero-order chi connectivity index (χ0) is 18.8. The fraction of sp³-hybridized carbons (Fsp3) is 0.667. The SMILES string of the molecule is CC(C)c1cc(C(=O)NCC(NC(=O)C2(C#N)CC2)C(C)C)n(C)n1. The first-order valence-corrected chi connectivity index (χ1v) is 8.74. The number of rotatable bonds is 7. The van der Waals surface area contributed by atoms with Crippen LogP contribution in [0, 0.1) is 22.7 Å². The van der Waals surface area contributed by atoms with Crippen LogP contribution in [0.5, 0.6) is 0 Å². The van der Waals surface area contributed by atoms with Gasteiger partial charge in [-0.2, -0.15) is 10.4 Å². The number of carbonyl (C=O) groups excluding carboxylic acids is 2. The summed E-state index contributed by atoms with van der Waals surface area (Å²) in [6.45, 7) is 8.31. The molecule has 0 radical (unpaired) electrons. The van der Waals surface area contributed by atoms with Crippen LogP contribution in [0.2, 0.25) is 0 Å². The Labute approximate surface area is 148 Å². The fourth-order valence-corrected chi connectivity index (χ4v) is 2.55. The molecule has 136 valence electrons. The summed E-state index contributed by atoms with van der Waals surface area (Å²) in [5, 5.41) is 19.3. The number of hydrogen-bond acceptors (Lipinski definition) is 4. The molecule has 7 nitrogen and oxygen atoms in total. The lowest BCUT2D eigenvalue weighted by Crippen LogP contribution is -2.48. The molecule has 2 N–H and O–H groups in total. The zero-order valence-electron chi connectivity index (χ0n) is 15.6. The lowest BCUT2D eigenvalue weighted by Gasteiger charge is -2.24. The molecule has 1 unspecified atom stereocenters. The van der Waals surface area contributed by atoms with Gasteiger partial charge in [0.2, 0.25) is 5.91 Å². The van der Waals surface area contributed by atoms with E-state index in [2.05, 4.69) is 21.8 Å². The number of aromatic nitrogens is 2. The number of carbonyl (C=O) groups is 2. The predicted octanol–water partition coefficient (Wildman–Crippen LogP) is 1.72. The maximum absolute atomic E-state index is 12.4. The van der Waals surface area contributed by atoms with Gasteiger partial charge in [-0.25, -0.2) is 0 Å². The summed E-state index contributed by atoms with van der Waals surface area (Å²) in [7, 11) is 1.74. The van der Waals surface area contributed by atoms with Crippen molar-refractivity contribution in [1.29, 1.82) is 5.26 Å². The summed E-state index contributed by atoms with van der Waals surface area (Å²) in [5.41, 5.74) is 0.505. The third-order valence-corrected chi connectivity index (χ3v) is 4.73. The van der Waals surface area contributed by atoms with Gasteiger partial charge in [-0.05, 0) is 30.7 Å². The van der Waals surface area contributed by atoms with Crippen LogP contribution in [0.1, 0.15) is 62.6 Å². The van der Waals surface area contributed by atoms with E-state index in [0.29, 0.717) is 25.1 Å². The molecule has 1 fully saturated rings. The molecule has 0 bridgehead atoms. The van der Waals surface area contributed by atoms with Gasteiger partial charge in [0.25, 0.3) is 5.91 Å². The second-order valence-corrected chi connectivity index (χ2v) is 7.46. The lowest BCUT2D eigenvalue weighted by atomic mass is 10.0. The molecule has 1 atom stereocenters. The summed E-state index contributed by atoms with van der Waals surface area (Å²) in [6.07, 6.45) is 1.22. The van der Waals surface area contributed by atoms with E-state index in [1.807, 2.05) is 27.7 Å². The van der Waals surface area contributed by atoms with Crippen LogP contribution in [0.4, 0.5) is 0 Å². The number of hydrogen-bond donors (Lipinski definition) is 2. The lowest BCUT2D eigenvalue weighted by molar-refractivity contribution is -0.125. The second-order valence-electron chi connectivity index (χ2n) is 7.46. The van der Waals surface area contributed by atoms with E-state index in [1.165, 1.54) is 0 Å². The van der Waals surface area contributed by atoms with Gasteiger partial charge in [0, 0.05) is 19.6 Å². The Morgan fingerprint density at radius 3 is 2.44 bits per heavy atom. The minimum atomic E-state index is -0.856. The van der Waals surface area contributed by atoms with E-state index in [-0.39, 0.29) is 29.7 Å². The van der Waals surface area contributed by atoms with Crippen molar-refractivity contribution in [2.24, 2.45) is 18.4 Å². The molecule has 1 heterocycles. The van der Waals surface area contributed by atoms with Crippen LogP contribution in [0.25, 0.3) is 0 Å². The highest BCUT2D eigenvalue weighted by Crippen LogP contribution is 2.45. The van der Waals surface area contributed by atoms with Crippen LogP contribution < -0.4 is 10.6 Å². The van der Waals surface area contributed by atoms with Crippen LogP contribution in [-0.4, -0.2) is 34.2 Å². The number of amides is 2. The first kappa shape index (κ1) is 19.0. The molecule has 1 saturated carbocycles. The number of nitriles is 1. The summed E-state index contributed by atoms with van der Waals surface area (Å²) in [6, 6.07) is 3.66. The van der Waals surface area contributed by atoms with Gasteiger partial charge >= 0.3 is 0 Å². The standard InChI is InChI=1S/C18H27N5O2/c1-11(2)13-8-15(23(5)22-13)16(24)20-9-14(12(3)4)21-17(25)18(10-19)6-7-18/h8,11-12,14H,6-7,9H2,1-5H3,(H,20,24)(H,21,25). The zero-order valence-corrected chi connectivity index (χ0v) is 15.6. The van der Waals surface area contributed by atoms with Gasteiger partial charge < -0.3 is 10.6 Å². The van der Waals surface area contributed by atoms with Gasteiger partial charge in [0.1, 0.15) is 11.1 Å². The first-order chi connectivity index (χ1) is 11.7. The molecular formula is C18H27N5O2. The van der Waals surface area contributed by atoms with Crippen molar-refractivity contribution < 1.29 is 9.59 Å². The van der Waals surface area contributed by atoms with E-state index >= 15 is 0 Å². The molecule has 0 saturated heterocycles. The minimum absolute atomic E-state index is 0.136. The normalized spacial score (nSPS) is 16.4. The minimum Gasteiger partial charge on any atom is -0.350 e. The van der Waals surface area contributed by atoms with Crippen LogP contribution in [0.3, 0.4) is 0 Å². The van der Waals surface area contributed by atoms with Crippen molar-refractivity contribution in [3.8, 4) is 6.07 Å². The average molecular weight is 345 g/mol. The highest BCUT2D eigenvalue weighted by molar-refractivity contribution is 5.93. The smallest absolute Gasteiger partial charge is 0.269 e. The van der Waals surface area contributed by atoms with Gasteiger partial charge in [0.15, 0.2) is 0 Å². The molecule has 0 aromatic carbocycles. The van der Waals surface area contributed by atoms with Gasteiger partial charge in [-0.15, -0.1) is 0 Å². The molecule has 2 amide bonds. The third kappa shape index (κ3) is 4.19. The Morgan fingerprint density at radius 2 is 2.00 bits per heavy atom. The van der Waals surface area contributed by atoms with Crippen molar-refractivity contribution in [3.63, 3.8) is 0 Å². The van der Waals surface area contributed by atoms with Crippen LogP contribution >= 0.6 is 0 Å². The third-order valence-electron chi connectivity index (χ3n) is 4.73. The number of nitrogens with one attached hydrogen (secondary N) is 2. The average Bonchev–Trinajstić information content (AvgIpc) is 3.26. The van der Waals surface area contributed by atoms with E-state index in [4.69, 9.17) is 5.26 Å². The molecule has 0 spiro atoms. The Balaban J connectivity index is 1.98. The summed E-state index contributed by atoms with van der Waals surface area (Å²) in [5.74, 6) is -0.0681. The first-order valence-electron chi connectivity index (χ1n) is 8.74. The monoisotopic (exact) mass is 345 g/mol. The second kappa shape index (κ2) is 7.26. The Hall–Kier alpha value is -2.36. The highest BCUT2D eigenvalue weighted by atomic mass is 16.2. The van der Waals surface area contributed by atoms with E-state index in [0.717, 1.165) is 5.69 Å². The molecule has 1 aliphatic carbocycles. The van der Waals surface area contributed by atoms with Crippen LogP contribution in [-0.2, 0) is 11.8 Å². The summed E-state index contributed by atoms with van der Waals surface area (Å²) >= 11 is 0. The molecule has 2 rings (SSSR count). The molecule has 1 aromatic heterocycles. The van der Waals surface area contributed by atoms with Crippen molar-refractivity contribution in [1.82, 2.24) is 20.4 Å². The maximum Gasteiger partial charge on any atom is 0.269 e. The highest BCUT2D eigenvalue weighted by Gasteiger charge is 2.51. The molecule has 1 aliphatic rings.